The molecule has 1 aromatic carbocycles. The maximum atomic E-state index is 12.0. The van der Waals surface area contributed by atoms with Gasteiger partial charge in [0, 0.05) is 13.1 Å². The first kappa shape index (κ1) is 18.3. The summed E-state index contributed by atoms with van der Waals surface area (Å²) in [7, 11) is 2.45. The first-order valence-corrected chi connectivity index (χ1v) is 8.03. The van der Waals surface area contributed by atoms with E-state index in [1.165, 1.54) is 20.6 Å². The minimum absolute atomic E-state index is 0.0531. The smallest absolute Gasteiger partial charge is 0.354 e. The molecule has 1 aliphatic heterocycles. The second-order valence-electron chi connectivity index (χ2n) is 5.59. The van der Waals surface area contributed by atoms with Crippen LogP contribution in [-0.2, 0) is 19.1 Å². The predicted molar refractivity (Wildman–Crippen MR) is 93.0 cm³/mol. The molecule has 2 rings (SSSR count). The Kier molecular flexibility index (Phi) is 6.40. The molecule has 0 aromatic heterocycles. The first-order chi connectivity index (χ1) is 12.1. The number of benzene rings is 1. The highest BCUT2D eigenvalue weighted by Crippen LogP contribution is 2.30. The Hall–Kier alpha value is -3.01. The number of anilines is 2. The van der Waals surface area contributed by atoms with Gasteiger partial charge in [0.25, 0.3) is 0 Å². The summed E-state index contributed by atoms with van der Waals surface area (Å²) in [4.78, 5) is 25.7. The molecule has 25 heavy (non-hydrogen) atoms. The molecule has 7 heteroatoms. The van der Waals surface area contributed by atoms with Gasteiger partial charge in [-0.05, 0) is 37.5 Å². The molecule has 0 aliphatic carbocycles. The highest BCUT2D eigenvalue weighted by atomic mass is 16.5. The molecule has 0 radical (unpaired) electrons. The number of nitriles is 1. The average Bonchev–Trinajstić information content (AvgIpc) is 2.67. The Morgan fingerprint density at radius 1 is 1.20 bits per heavy atom. The minimum Gasteiger partial charge on any atom is -0.466 e. The number of methoxy groups -OCH3 is 2. The summed E-state index contributed by atoms with van der Waals surface area (Å²) in [5.74, 6) is -1.37. The van der Waals surface area contributed by atoms with Crippen molar-refractivity contribution in [3.63, 3.8) is 0 Å². The van der Waals surface area contributed by atoms with Gasteiger partial charge >= 0.3 is 11.9 Å². The van der Waals surface area contributed by atoms with Crippen LogP contribution in [0.1, 0.15) is 24.8 Å². The second-order valence-corrected chi connectivity index (χ2v) is 5.59. The van der Waals surface area contributed by atoms with E-state index in [0.29, 0.717) is 11.3 Å². The molecule has 1 heterocycles. The second kappa shape index (κ2) is 8.73. The molecule has 0 saturated carbocycles. The Bertz CT molecular complexity index is 716. The van der Waals surface area contributed by atoms with Gasteiger partial charge in [-0.1, -0.05) is 0 Å². The van der Waals surface area contributed by atoms with E-state index < -0.39 is 11.9 Å². The summed E-state index contributed by atoms with van der Waals surface area (Å²) in [6.07, 6.45) is 4.39. The first-order valence-electron chi connectivity index (χ1n) is 8.03. The third kappa shape index (κ3) is 4.73. The van der Waals surface area contributed by atoms with Crippen LogP contribution in [0.15, 0.2) is 30.0 Å². The number of ether oxygens (including phenoxy) is 2. The van der Waals surface area contributed by atoms with Crippen molar-refractivity contribution in [3.05, 3.63) is 35.5 Å². The van der Waals surface area contributed by atoms with Crippen LogP contribution < -0.4 is 10.2 Å². The minimum atomic E-state index is -0.697. The zero-order valence-electron chi connectivity index (χ0n) is 14.4. The Labute approximate surface area is 146 Å². The maximum absolute atomic E-state index is 12.0. The summed E-state index contributed by atoms with van der Waals surface area (Å²) < 4.78 is 9.29. The summed E-state index contributed by atoms with van der Waals surface area (Å²) >= 11 is 0. The fourth-order valence-corrected chi connectivity index (χ4v) is 2.69. The monoisotopic (exact) mass is 343 g/mol. The number of piperidine rings is 1. The lowest BCUT2D eigenvalue weighted by atomic mass is 10.1. The molecule has 1 aliphatic rings. The quantitative estimate of drug-likeness (QED) is 0.647. The standard InChI is InChI=1S/C18H21N3O4/c1-24-17(22)11-15(18(23)25-2)20-14-10-13(12-19)6-7-16(14)21-8-4-3-5-9-21/h6-7,10-11,20H,3-5,8-9H2,1-2H3/b15-11+. The van der Waals surface area contributed by atoms with Crippen LogP contribution in [0.5, 0.6) is 0 Å². The van der Waals surface area contributed by atoms with Gasteiger partial charge in [-0.2, -0.15) is 5.26 Å². The van der Waals surface area contributed by atoms with E-state index in [4.69, 9.17) is 10.00 Å². The van der Waals surface area contributed by atoms with Gasteiger partial charge in [0.15, 0.2) is 0 Å². The molecule has 0 bridgehead atoms. The van der Waals surface area contributed by atoms with Crippen LogP contribution in [0.3, 0.4) is 0 Å². The molecule has 0 unspecified atom stereocenters. The average molecular weight is 343 g/mol. The fraction of sp³-hybridized carbons (Fsp3) is 0.389. The van der Waals surface area contributed by atoms with Gasteiger partial charge in [0.05, 0.1) is 43.3 Å². The van der Waals surface area contributed by atoms with Crippen molar-refractivity contribution in [2.45, 2.75) is 19.3 Å². The number of esters is 2. The summed E-state index contributed by atoms with van der Waals surface area (Å²) in [5.41, 5.74) is 1.84. The van der Waals surface area contributed by atoms with Crippen molar-refractivity contribution in [1.29, 1.82) is 5.26 Å². The topological polar surface area (TPSA) is 91.7 Å². The third-order valence-corrected chi connectivity index (χ3v) is 3.96. The van der Waals surface area contributed by atoms with Crippen LogP contribution in [-0.4, -0.2) is 39.2 Å². The van der Waals surface area contributed by atoms with E-state index in [1.807, 2.05) is 6.07 Å². The lowest BCUT2D eigenvalue weighted by molar-refractivity contribution is -0.138. The number of nitrogens with one attached hydrogen (secondary N) is 1. The fourth-order valence-electron chi connectivity index (χ4n) is 2.69. The van der Waals surface area contributed by atoms with E-state index in [9.17, 15) is 9.59 Å². The Morgan fingerprint density at radius 2 is 1.92 bits per heavy atom. The molecule has 0 spiro atoms. The number of hydrogen-bond donors (Lipinski definition) is 1. The van der Waals surface area contributed by atoms with Gasteiger partial charge < -0.3 is 19.7 Å². The molecule has 1 saturated heterocycles. The van der Waals surface area contributed by atoms with Gasteiger partial charge in [-0.25, -0.2) is 9.59 Å². The van der Waals surface area contributed by atoms with Crippen LogP contribution in [0, 0.1) is 11.3 Å². The van der Waals surface area contributed by atoms with E-state index >= 15 is 0 Å². The Morgan fingerprint density at radius 3 is 2.52 bits per heavy atom. The third-order valence-electron chi connectivity index (χ3n) is 3.96. The molecule has 1 fully saturated rings. The van der Waals surface area contributed by atoms with Crippen molar-refractivity contribution in [2.24, 2.45) is 0 Å². The SMILES string of the molecule is COC(=O)/C=C(/Nc1cc(C#N)ccc1N1CCCCC1)C(=O)OC. The van der Waals surface area contributed by atoms with Crippen molar-refractivity contribution in [2.75, 3.05) is 37.5 Å². The molecule has 1 N–H and O–H groups in total. The normalized spacial score (nSPS) is 14.4. The van der Waals surface area contributed by atoms with E-state index in [0.717, 1.165) is 37.7 Å². The summed E-state index contributed by atoms with van der Waals surface area (Å²) in [5, 5.41) is 12.1. The molecule has 1 aromatic rings. The number of hydrogen-bond acceptors (Lipinski definition) is 7. The van der Waals surface area contributed by atoms with E-state index in [-0.39, 0.29) is 5.70 Å². The Balaban J connectivity index is 2.40. The number of carbonyl (C=O) groups is 2. The number of nitrogens with zero attached hydrogens (tertiary/aromatic N) is 2. The molecular weight excluding hydrogens is 322 g/mol. The number of carbonyl (C=O) groups excluding carboxylic acids is 2. The lowest BCUT2D eigenvalue weighted by Crippen LogP contribution is -2.30. The van der Waals surface area contributed by atoms with Crippen LogP contribution in [0.4, 0.5) is 11.4 Å². The van der Waals surface area contributed by atoms with Crippen LogP contribution in [0.2, 0.25) is 0 Å². The van der Waals surface area contributed by atoms with Gasteiger partial charge in [-0.3, -0.25) is 0 Å². The summed E-state index contributed by atoms with van der Waals surface area (Å²) in [6, 6.07) is 7.31. The molecular formula is C18H21N3O4. The van der Waals surface area contributed by atoms with E-state index in [1.54, 1.807) is 12.1 Å². The largest absolute Gasteiger partial charge is 0.466 e. The van der Waals surface area contributed by atoms with E-state index in [2.05, 4.69) is 21.0 Å². The van der Waals surface area contributed by atoms with Crippen LogP contribution >= 0.6 is 0 Å². The van der Waals surface area contributed by atoms with Crippen molar-refractivity contribution in [3.8, 4) is 6.07 Å². The zero-order valence-corrected chi connectivity index (χ0v) is 14.4. The highest BCUT2D eigenvalue weighted by molar-refractivity contribution is 5.99. The van der Waals surface area contributed by atoms with Crippen molar-refractivity contribution < 1.29 is 19.1 Å². The molecule has 0 atom stereocenters. The maximum Gasteiger partial charge on any atom is 0.354 e. The number of rotatable bonds is 5. The zero-order chi connectivity index (χ0) is 18.2. The lowest BCUT2D eigenvalue weighted by Gasteiger charge is -2.31. The highest BCUT2D eigenvalue weighted by Gasteiger charge is 2.19. The molecule has 0 amide bonds. The van der Waals surface area contributed by atoms with Crippen molar-refractivity contribution in [1.82, 2.24) is 0 Å². The van der Waals surface area contributed by atoms with Crippen molar-refractivity contribution >= 4 is 23.3 Å². The van der Waals surface area contributed by atoms with Gasteiger partial charge in [-0.15, -0.1) is 0 Å². The predicted octanol–water partition coefficient (Wildman–Crippen LogP) is 2.19. The van der Waals surface area contributed by atoms with Gasteiger partial charge in [0.1, 0.15) is 5.70 Å². The van der Waals surface area contributed by atoms with Gasteiger partial charge in [0.2, 0.25) is 0 Å². The summed E-state index contributed by atoms with van der Waals surface area (Å²) in [6.45, 7) is 1.80. The molecule has 132 valence electrons. The molecule has 7 nitrogen and oxygen atoms in total. The van der Waals surface area contributed by atoms with Crippen LogP contribution in [0.25, 0.3) is 0 Å².